The number of rotatable bonds is 8. The van der Waals surface area contributed by atoms with Gasteiger partial charge in [0.05, 0.1) is 0 Å². The molecule has 0 saturated carbocycles. The monoisotopic (exact) mass is 551 g/mol. The molecule has 1 amide bonds. The average Bonchev–Trinajstić information content (AvgIpc) is 2.65. The van der Waals surface area contributed by atoms with Gasteiger partial charge >= 0.3 is 15.5 Å². The third-order valence-corrected chi connectivity index (χ3v) is 6.73. The van der Waals surface area contributed by atoms with E-state index < -0.39 is 21.3 Å². The van der Waals surface area contributed by atoms with Crippen LogP contribution in [0.4, 0.5) is 17.6 Å². The summed E-state index contributed by atoms with van der Waals surface area (Å²) < 4.78 is 74.4. The number of likely N-dealkylation sites (tertiary alicyclic amines) is 1. The summed E-state index contributed by atoms with van der Waals surface area (Å²) in [5, 5.41) is 2.80. The number of benzene rings is 1. The molecule has 0 aromatic heterocycles. The molecule has 6 nitrogen and oxygen atoms in total. The summed E-state index contributed by atoms with van der Waals surface area (Å²) in [5.74, 6) is -0.613. The van der Waals surface area contributed by atoms with Crippen molar-refractivity contribution in [3.05, 3.63) is 35.1 Å². The van der Waals surface area contributed by atoms with Gasteiger partial charge in [0.25, 0.3) is 5.91 Å². The van der Waals surface area contributed by atoms with Gasteiger partial charge in [0.2, 0.25) is 0 Å². The fourth-order valence-electron chi connectivity index (χ4n) is 3.03. The largest absolute Gasteiger partial charge is 0.511 e. The molecule has 0 aliphatic carbocycles. The van der Waals surface area contributed by atoms with Crippen molar-refractivity contribution >= 4 is 38.5 Å². The van der Waals surface area contributed by atoms with E-state index in [4.69, 9.17) is 0 Å². The van der Waals surface area contributed by atoms with Crippen LogP contribution < -0.4 is 10.0 Å². The number of nitrogens with zero attached hydrogens (tertiary/aromatic N) is 1. The lowest BCUT2D eigenvalue weighted by molar-refractivity contribution is -0.0448. The van der Waals surface area contributed by atoms with Crippen molar-refractivity contribution in [2.24, 2.45) is 5.92 Å². The SMILES string of the molecule is O=C(NCC1CCN(CCNS(=O)(=O)C(F)(F)F)CC1)c1cc(F)cc(CI)c1. The van der Waals surface area contributed by atoms with Crippen LogP contribution in [0, 0.1) is 11.7 Å². The van der Waals surface area contributed by atoms with Crippen LogP contribution in [0.25, 0.3) is 0 Å². The number of nitrogens with one attached hydrogen (secondary N) is 2. The Hall–Kier alpha value is -0.990. The summed E-state index contributed by atoms with van der Waals surface area (Å²) in [5.41, 5.74) is -4.31. The second-order valence-corrected chi connectivity index (χ2v) is 9.34. The van der Waals surface area contributed by atoms with Crippen LogP contribution in [0.5, 0.6) is 0 Å². The van der Waals surface area contributed by atoms with Gasteiger partial charge < -0.3 is 10.2 Å². The first-order chi connectivity index (χ1) is 13.5. The number of piperidine rings is 1. The predicted molar refractivity (Wildman–Crippen MR) is 109 cm³/mol. The van der Waals surface area contributed by atoms with Crippen LogP contribution in [0.15, 0.2) is 18.2 Å². The Balaban J connectivity index is 1.72. The van der Waals surface area contributed by atoms with Crippen LogP contribution in [-0.4, -0.2) is 57.5 Å². The van der Waals surface area contributed by atoms with Gasteiger partial charge in [-0.1, -0.05) is 22.6 Å². The quantitative estimate of drug-likeness (QED) is 0.296. The summed E-state index contributed by atoms with van der Waals surface area (Å²) in [7, 11) is -5.31. The number of hydrogen-bond donors (Lipinski definition) is 2. The Kier molecular flexibility index (Phi) is 8.67. The van der Waals surface area contributed by atoms with Crippen molar-refractivity contribution in [3.63, 3.8) is 0 Å². The highest BCUT2D eigenvalue weighted by Crippen LogP contribution is 2.21. The van der Waals surface area contributed by atoms with Gasteiger partial charge in [0, 0.05) is 29.6 Å². The normalized spacial score (nSPS) is 16.7. The number of amides is 1. The molecule has 0 atom stereocenters. The van der Waals surface area contributed by atoms with Gasteiger partial charge in [-0.15, -0.1) is 0 Å². The first kappa shape index (κ1) is 24.3. The summed E-state index contributed by atoms with van der Waals surface area (Å²) >= 11 is 2.09. The minimum atomic E-state index is -5.31. The molecule has 12 heteroatoms. The van der Waals surface area contributed by atoms with Crippen LogP contribution >= 0.6 is 22.6 Å². The standard InChI is InChI=1S/C17H22F4IN3O3S/c18-15-8-13(10-22)7-14(9-15)16(26)23-11-12-1-4-25(5-2-12)6-3-24-29(27,28)17(19,20)21/h7-9,12,24H,1-6,10-11H2,(H,23,26). The first-order valence-electron chi connectivity index (χ1n) is 8.94. The topological polar surface area (TPSA) is 78.5 Å². The Labute approximate surface area is 180 Å². The fraction of sp³-hybridized carbons (Fsp3) is 0.588. The molecule has 0 unspecified atom stereocenters. The maximum atomic E-state index is 13.6. The maximum Gasteiger partial charge on any atom is 0.511 e. The molecule has 2 rings (SSSR count). The van der Waals surface area contributed by atoms with E-state index in [0.717, 1.165) is 5.56 Å². The summed E-state index contributed by atoms with van der Waals surface area (Å²) in [6.45, 7) is 1.46. The summed E-state index contributed by atoms with van der Waals surface area (Å²) in [6.07, 6.45) is 1.43. The molecule has 29 heavy (non-hydrogen) atoms. The van der Waals surface area contributed by atoms with Gasteiger partial charge in [0.1, 0.15) is 5.82 Å². The van der Waals surface area contributed by atoms with Crippen LogP contribution in [0.1, 0.15) is 28.8 Å². The molecular weight excluding hydrogens is 529 g/mol. The lowest BCUT2D eigenvalue weighted by Crippen LogP contribution is -2.44. The van der Waals surface area contributed by atoms with Gasteiger partial charge in [0.15, 0.2) is 0 Å². The Morgan fingerprint density at radius 2 is 1.86 bits per heavy atom. The van der Waals surface area contributed by atoms with E-state index in [1.54, 1.807) is 10.8 Å². The highest BCUT2D eigenvalue weighted by Gasteiger charge is 2.45. The van der Waals surface area contributed by atoms with Crippen LogP contribution in [0.2, 0.25) is 0 Å². The minimum Gasteiger partial charge on any atom is -0.352 e. The maximum absolute atomic E-state index is 13.6. The lowest BCUT2D eigenvalue weighted by atomic mass is 9.96. The van der Waals surface area contributed by atoms with E-state index >= 15 is 0 Å². The zero-order chi connectivity index (χ0) is 21.7. The Bertz CT molecular complexity index is 813. The number of hydrogen-bond acceptors (Lipinski definition) is 4. The predicted octanol–water partition coefficient (Wildman–Crippen LogP) is 2.64. The fourth-order valence-corrected chi connectivity index (χ4v) is 4.00. The molecule has 1 aliphatic rings. The van der Waals surface area contributed by atoms with Crippen LogP contribution in [-0.2, 0) is 14.5 Å². The molecule has 0 radical (unpaired) electrons. The van der Waals surface area contributed by atoms with E-state index in [1.807, 2.05) is 4.90 Å². The van der Waals surface area contributed by atoms with E-state index in [9.17, 15) is 30.8 Å². The number of carbonyl (C=O) groups excluding carboxylic acids is 1. The molecule has 1 heterocycles. The van der Waals surface area contributed by atoms with Gasteiger partial charge in [-0.05, 0) is 55.6 Å². The zero-order valence-corrected chi connectivity index (χ0v) is 18.4. The Morgan fingerprint density at radius 1 is 1.21 bits per heavy atom. The van der Waals surface area contributed by atoms with E-state index in [-0.39, 0.29) is 30.5 Å². The molecule has 1 aromatic rings. The molecule has 0 bridgehead atoms. The second-order valence-electron chi connectivity index (χ2n) is 6.82. The smallest absolute Gasteiger partial charge is 0.352 e. The number of alkyl halides is 4. The van der Waals surface area contributed by atoms with Crippen LogP contribution in [0.3, 0.4) is 0 Å². The molecule has 1 fully saturated rings. The summed E-state index contributed by atoms with van der Waals surface area (Å²) in [6, 6.07) is 4.22. The summed E-state index contributed by atoms with van der Waals surface area (Å²) in [4.78, 5) is 14.1. The van der Waals surface area contributed by atoms with Gasteiger partial charge in [-0.2, -0.15) is 13.2 Å². The van der Waals surface area contributed by atoms with Gasteiger partial charge in [-0.25, -0.2) is 17.5 Å². The van der Waals surface area contributed by atoms with Crippen molar-refractivity contribution < 1.29 is 30.8 Å². The van der Waals surface area contributed by atoms with E-state index in [1.165, 1.54) is 12.1 Å². The molecule has 2 N–H and O–H groups in total. The van der Waals surface area contributed by atoms with Crippen molar-refractivity contribution in [1.82, 2.24) is 14.9 Å². The molecule has 1 aromatic carbocycles. The van der Waals surface area contributed by atoms with Crippen molar-refractivity contribution in [2.45, 2.75) is 22.8 Å². The zero-order valence-electron chi connectivity index (χ0n) is 15.4. The highest BCUT2D eigenvalue weighted by atomic mass is 127. The third-order valence-electron chi connectivity index (χ3n) is 4.66. The number of sulfonamides is 1. The van der Waals surface area contributed by atoms with Gasteiger partial charge in [-0.3, -0.25) is 4.79 Å². The highest BCUT2D eigenvalue weighted by molar-refractivity contribution is 14.1. The molecule has 1 saturated heterocycles. The van der Waals surface area contributed by atoms with E-state index in [2.05, 4.69) is 27.9 Å². The molecule has 1 aliphatic heterocycles. The number of carbonyl (C=O) groups is 1. The third kappa shape index (κ3) is 7.33. The second kappa shape index (κ2) is 10.4. The molecular formula is C17H22F4IN3O3S. The first-order valence-corrected chi connectivity index (χ1v) is 11.9. The lowest BCUT2D eigenvalue weighted by Gasteiger charge is -2.32. The molecule has 164 valence electrons. The van der Waals surface area contributed by atoms with Crippen molar-refractivity contribution in [1.29, 1.82) is 0 Å². The average molecular weight is 551 g/mol. The minimum absolute atomic E-state index is 0.177. The van der Waals surface area contributed by atoms with Crippen molar-refractivity contribution in [3.8, 4) is 0 Å². The molecule has 0 spiro atoms. The van der Waals surface area contributed by atoms with E-state index in [0.29, 0.717) is 36.9 Å². The number of halogens is 5. The Morgan fingerprint density at radius 3 is 2.45 bits per heavy atom. The van der Waals surface area contributed by atoms with Crippen molar-refractivity contribution in [2.75, 3.05) is 32.7 Å².